The molecule has 0 fully saturated rings. The second-order valence-electron chi connectivity index (χ2n) is 4.07. The Morgan fingerprint density at radius 3 is 1.89 bits per heavy atom. The summed E-state index contributed by atoms with van der Waals surface area (Å²) in [4.78, 5) is 23.3. The lowest BCUT2D eigenvalue weighted by Crippen LogP contribution is -2.39. The largest absolute Gasteiger partial charge is 0.298 e. The molecule has 18 heavy (non-hydrogen) atoms. The molecule has 0 bridgehead atoms. The minimum atomic E-state index is -2.32. The monoisotopic (exact) mass is 258 g/mol. The molecule has 0 amide bonds. The number of halogens is 3. The Kier molecular flexibility index (Phi) is 5.07. The summed E-state index contributed by atoms with van der Waals surface area (Å²) in [7, 11) is 0. The molecule has 0 aliphatic heterocycles. The van der Waals surface area contributed by atoms with Crippen LogP contribution in [-0.2, 0) is 4.79 Å². The van der Waals surface area contributed by atoms with E-state index in [0.717, 1.165) is 0 Å². The van der Waals surface area contributed by atoms with Crippen LogP contribution in [-0.4, -0.2) is 31.6 Å². The average Bonchev–Trinajstić information content (AvgIpc) is 2.42. The Morgan fingerprint density at radius 2 is 1.44 bits per heavy atom. The van der Waals surface area contributed by atoms with E-state index < -0.39 is 43.4 Å². The van der Waals surface area contributed by atoms with Crippen LogP contribution in [0.1, 0.15) is 16.8 Å². The van der Waals surface area contributed by atoms with Crippen LogP contribution in [0, 0.1) is 5.41 Å². The van der Waals surface area contributed by atoms with Gasteiger partial charge in [0.25, 0.3) is 0 Å². The van der Waals surface area contributed by atoms with Crippen LogP contribution in [0.5, 0.6) is 0 Å². The molecular formula is C13H13F3O2. The van der Waals surface area contributed by atoms with Crippen LogP contribution in [0.3, 0.4) is 0 Å². The third-order valence-corrected chi connectivity index (χ3v) is 2.78. The van der Waals surface area contributed by atoms with E-state index in [9.17, 15) is 22.8 Å². The normalized spacial score (nSPS) is 11.3. The molecule has 0 unspecified atom stereocenters. The van der Waals surface area contributed by atoms with Gasteiger partial charge in [-0.15, -0.1) is 0 Å². The van der Waals surface area contributed by atoms with Crippen molar-refractivity contribution in [1.82, 2.24) is 0 Å². The van der Waals surface area contributed by atoms with E-state index in [4.69, 9.17) is 0 Å². The third kappa shape index (κ3) is 2.97. The summed E-state index contributed by atoms with van der Waals surface area (Å²) in [5.41, 5.74) is -2.05. The number of hydrogen-bond acceptors (Lipinski definition) is 2. The van der Waals surface area contributed by atoms with Gasteiger partial charge in [-0.3, -0.25) is 9.59 Å². The summed E-state index contributed by atoms with van der Waals surface area (Å²) < 4.78 is 37.8. The summed E-state index contributed by atoms with van der Waals surface area (Å²) >= 11 is 0. The first-order valence-corrected chi connectivity index (χ1v) is 5.39. The topological polar surface area (TPSA) is 34.1 Å². The van der Waals surface area contributed by atoms with Crippen molar-refractivity contribution in [3.63, 3.8) is 0 Å². The molecule has 0 spiro atoms. The number of benzene rings is 1. The highest BCUT2D eigenvalue weighted by Crippen LogP contribution is 2.24. The van der Waals surface area contributed by atoms with Crippen molar-refractivity contribution in [3.05, 3.63) is 35.9 Å². The SMILES string of the molecule is O=C(CC(=O)C(CF)(CF)CF)c1ccccc1. The van der Waals surface area contributed by atoms with E-state index >= 15 is 0 Å². The van der Waals surface area contributed by atoms with Crippen molar-refractivity contribution in [1.29, 1.82) is 0 Å². The molecule has 0 saturated carbocycles. The maximum atomic E-state index is 12.6. The number of carbonyl (C=O) groups is 2. The summed E-state index contributed by atoms with van der Waals surface area (Å²) in [6, 6.07) is 7.86. The van der Waals surface area contributed by atoms with E-state index in [2.05, 4.69) is 0 Å². The molecule has 98 valence electrons. The Balaban J connectivity index is 2.79. The maximum Gasteiger partial charge on any atom is 0.170 e. The average molecular weight is 258 g/mol. The van der Waals surface area contributed by atoms with E-state index in [1.54, 1.807) is 18.2 Å². The first kappa shape index (κ1) is 14.4. The van der Waals surface area contributed by atoms with Gasteiger partial charge in [-0.1, -0.05) is 30.3 Å². The summed E-state index contributed by atoms with van der Waals surface area (Å²) in [6.45, 7) is -4.33. The van der Waals surface area contributed by atoms with Gasteiger partial charge in [0.05, 0.1) is 6.42 Å². The van der Waals surface area contributed by atoms with Crippen LogP contribution >= 0.6 is 0 Å². The van der Waals surface area contributed by atoms with Crippen molar-refractivity contribution >= 4 is 11.6 Å². The Morgan fingerprint density at radius 1 is 0.944 bits per heavy atom. The minimum Gasteiger partial charge on any atom is -0.298 e. The lowest BCUT2D eigenvalue weighted by Gasteiger charge is -2.21. The zero-order valence-electron chi connectivity index (χ0n) is 9.67. The molecule has 0 aromatic heterocycles. The van der Waals surface area contributed by atoms with Crippen molar-refractivity contribution in [2.24, 2.45) is 5.41 Å². The number of hydrogen-bond donors (Lipinski definition) is 0. The third-order valence-electron chi connectivity index (χ3n) is 2.78. The Bertz CT molecular complexity index is 405. The number of alkyl halides is 3. The number of rotatable bonds is 7. The lowest BCUT2D eigenvalue weighted by molar-refractivity contribution is -0.130. The molecule has 0 heterocycles. The number of ketones is 2. The van der Waals surface area contributed by atoms with Gasteiger partial charge in [-0.05, 0) is 0 Å². The van der Waals surface area contributed by atoms with Gasteiger partial charge in [-0.25, -0.2) is 13.2 Å². The molecular weight excluding hydrogens is 245 g/mol. The molecule has 0 saturated heterocycles. The van der Waals surface area contributed by atoms with Crippen LogP contribution < -0.4 is 0 Å². The molecule has 0 aliphatic carbocycles. The van der Waals surface area contributed by atoms with Gasteiger partial charge in [0.15, 0.2) is 11.6 Å². The van der Waals surface area contributed by atoms with Gasteiger partial charge >= 0.3 is 0 Å². The van der Waals surface area contributed by atoms with Crippen molar-refractivity contribution in [3.8, 4) is 0 Å². The van der Waals surface area contributed by atoms with E-state index in [1.165, 1.54) is 12.1 Å². The number of carbonyl (C=O) groups excluding carboxylic acids is 2. The molecule has 0 N–H and O–H groups in total. The molecule has 1 rings (SSSR count). The fourth-order valence-corrected chi connectivity index (χ4v) is 1.39. The minimum absolute atomic E-state index is 0.260. The highest BCUT2D eigenvalue weighted by molar-refractivity contribution is 6.09. The fourth-order valence-electron chi connectivity index (χ4n) is 1.39. The molecule has 1 aromatic carbocycles. The van der Waals surface area contributed by atoms with Crippen LogP contribution in [0.4, 0.5) is 13.2 Å². The Hall–Kier alpha value is -1.65. The quantitative estimate of drug-likeness (QED) is 0.556. The first-order valence-electron chi connectivity index (χ1n) is 5.39. The predicted octanol–water partition coefficient (Wildman–Crippen LogP) is 2.72. The van der Waals surface area contributed by atoms with Gasteiger partial charge in [0, 0.05) is 5.56 Å². The second-order valence-corrected chi connectivity index (χ2v) is 4.07. The molecule has 1 aromatic rings. The van der Waals surface area contributed by atoms with Crippen molar-refractivity contribution < 1.29 is 22.8 Å². The molecule has 2 nitrogen and oxygen atoms in total. The maximum absolute atomic E-state index is 12.6. The Labute approximate surface area is 103 Å². The highest BCUT2D eigenvalue weighted by Gasteiger charge is 2.39. The van der Waals surface area contributed by atoms with E-state index in [1.807, 2.05) is 0 Å². The van der Waals surface area contributed by atoms with Crippen molar-refractivity contribution in [2.75, 3.05) is 20.0 Å². The van der Waals surface area contributed by atoms with Gasteiger partial charge < -0.3 is 0 Å². The molecule has 0 aliphatic rings. The summed E-state index contributed by atoms with van der Waals surface area (Å²) in [5, 5.41) is 0. The zero-order chi connectivity index (χ0) is 13.6. The van der Waals surface area contributed by atoms with Crippen molar-refractivity contribution in [2.45, 2.75) is 6.42 Å². The van der Waals surface area contributed by atoms with E-state index in [-0.39, 0.29) is 5.56 Å². The van der Waals surface area contributed by atoms with Crippen LogP contribution in [0.25, 0.3) is 0 Å². The smallest absolute Gasteiger partial charge is 0.170 e. The van der Waals surface area contributed by atoms with Gasteiger partial charge in [0.2, 0.25) is 0 Å². The number of Topliss-reactive ketones (excluding diaryl/α,β-unsaturated/α-hetero) is 2. The summed E-state index contributed by atoms with van der Waals surface area (Å²) in [5.74, 6) is -1.61. The first-order chi connectivity index (χ1) is 8.59. The van der Waals surface area contributed by atoms with Gasteiger partial charge in [-0.2, -0.15) is 0 Å². The van der Waals surface area contributed by atoms with Gasteiger partial charge in [0.1, 0.15) is 25.4 Å². The highest BCUT2D eigenvalue weighted by atomic mass is 19.1. The lowest BCUT2D eigenvalue weighted by atomic mass is 9.84. The van der Waals surface area contributed by atoms with E-state index in [0.29, 0.717) is 0 Å². The molecule has 0 atom stereocenters. The van der Waals surface area contributed by atoms with Crippen LogP contribution in [0.2, 0.25) is 0 Å². The van der Waals surface area contributed by atoms with Crippen LogP contribution in [0.15, 0.2) is 30.3 Å². The zero-order valence-corrected chi connectivity index (χ0v) is 9.67. The summed E-state index contributed by atoms with van der Waals surface area (Å²) in [6.07, 6.45) is -0.693. The second kappa shape index (κ2) is 6.33. The molecule has 5 heteroatoms. The fraction of sp³-hybridized carbons (Fsp3) is 0.385. The molecule has 0 radical (unpaired) electrons. The standard InChI is InChI=1S/C13H13F3O2/c14-7-13(8-15,9-16)12(18)6-11(17)10-4-2-1-3-5-10/h1-5H,6-9H2. The predicted molar refractivity (Wildman–Crippen MR) is 60.8 cm³/mol.